The molecule has 0 aliphatic carbocycles. The van der Waals surface area contributed by atoms with E-state index in [4.69, 9.17) is 17.3 Å². The van der Waals surface area contributed by atoms with Crippen molar-refractivity contribution >= 4 is 23.2 Å². The van der Waals surface area contributed by atoms with Crippen molar-refractivity contribution in [3.8, 4) is 0 Å². The zero-order chi connectivity index (χ0) is 19.1. The van der Waals surface area contributed by atoms with Crippen LogP contribution in [0.2, 0.25) is 5.02 Å². The summed E-state index contributed by atoms with van der Waals surface area (Å²) in [6.07, 6.45) is 2.31. The molecular formula is C20H33ClN6. The lowest BCUT2D eigenvalue weighted by atomic mass is 10.2. The van der Waals surface area contributed by atoms with Gasteiger partial charge in [0.25, 0.3) is 0 Å². The highest BCUT2D eigenvalue weighted by Crippen LogP contribution is 2.19. The third-order valence-electron chi connectivity index (χ3n) is 5.55. The number of hydrogen-bond donors (Lipinski definition) is 1. The summed E-state index contributed by atoms with van der Waals surface area (Å²) in [5, 5.41) is 0.779. The van der Waals surface area contributed by atoms with Gasteiger partial charge in [0.15, 0.2) is 5.96 Å². The molecule has 0 aromatic heterocycles. The number of nitrogens with two attached hydrogens (primary N) is 1. The summed E-state index contributed by atoms with van der Waals surface area (Å²) in [7, 11) is 2.20. The summed E-state index contributed by atoms with van der Waals surface area (Å²) >= 11 is 5.97. The average molecular weight is 393 g/mol. The van der Waals surface area contributed by atoms with Crippen molar-refractivity contribution in [2.45, 2.75) is 12.8 Å². The second kappa shape index (κ2) is 10.2. The van der Waals surface area contributed by atoms with Crippen LogP contribution >= 0.6 is 11.6 Å². The van der Waals surface area contributed by atoms with Gasteiger partial charge in [-0.15, -0.1) is 0 Å². The second-order valence-electron chi connectivity index (χ2n) is 7.54. The van der Waals surface area contributed by atoms with Crippen LogP contribution in [0.4, 0.5) is 5.69 Å². The molecule has 2 aliphatic heterocycles. The SMILES string of the molecule is CN1CCN(CCCCN=C(N)N2CCN(c3ccc(Cl)cc3)CC2)CC1. The monoisotopic (exact) mass is 392 g/mol. The lowest BCUT2D eigenvalue weighted by Crippen LogP contribution is -2.51. The lowest BCUT2D eigenvalue weighted by Gasteiger charge is -2.36. The normalized spacial score (nSPS) is 20.3. The smallest absolute Gasteiger partial charge is 0.191 e. The van der Waals surface area contributed by atoms with Crippen LogP contribution < -0.4 is 10.6 Å². The van der Waals surface area contributed by atoms with Gasteiger partial charge in [-0.2, -0.15) is 0 Å². The van der Waals surface area contributed by atoms with Crippen LogP contribution in [0, 0.1) is 0 Å². The number of likely N-dealkylation sites (N-methyl/N-ethyl adjacent to an activating group) is 1. The third kappa shape index (κ3) is 6.26. The van der Waals surface area contributed by atoms with Gasteiger partial charge in [-0.25, -0.2) is 0 Å². The Kier molecular flexibility index (Phi) is 7.61. The first kappa shape index (κ1) is 20.2. The van der Waals surface area contributed by atoms with Gasteiger partial charge in [-0.3, -0.25) is 4.99 Å². The predicted octanol–water partition coefficient (Wildman–Crippen LogP) is 1.80. The number of piperazine rings is 2. The summed E-state index contributed by atoms with van der Waals surface area (Å²) < 4.78 is 0. The van der Waals surface area contributed by atoms with E-state index in [1.54, 1.807) is 0 Å². The van der Waals surface area contributed by atoms with E-state index in [1.165, 1.54) is 44.8 Å². The minimum Gasteiger partial charge on any atom is -0.370 e. The highest BCUT2D eigenvalue weighted by molar-refractivity contribution is 6.30. The fraction of sp³-hybridized carbons (Fsp3) is 0.650. The molecule has 0 bridgehead atoms. The molecule has 0 amide bonds. The number of anilines is 1. The van der Waals surface area contributed by atoms with E-state index in [0.717, 1.165) is 44.2 Å². The lowest BCUT2D eigenvalue weighted by molar-refractivity contribution is 0.152. The van der Waals surface area contributed by atoms with E-state index >= 15 is 0 Å². The van der Waals surface area contributed by atoms with Gasteiger partial charge in [0.1, 0.15) is 0 Å². The minimum atomic E-state index is 0.699. The summed E-state index contributed by atoms with van der Waals surface area (Å²) in [6.45, 7) is 10.5. The molecule has 2 heterocycles. The molecule has 1 aromatic rings. The molecule has 2 fully saturated rings. The molecule has 3 rings (SSSR count). The number of hydrogen-bond acceptors (Lipinski definition) is 4. The molecule has 0 radical (unpaired) electrons. The van der Waals surface area contributed by atoms with Gasteiger partial charge >= 0.3 is 0 Å². The fourth-order valence-corrected chi connectivity index (χ4v) is 3.78. The van der Waals surface area contributed by atoms with E-state index in [2.05, 4.69) is 43.8 Å². The van der Waals surface area contributed by atoms with Gasteiger partial charge in [-0.1, -0.05) is 11.6 Å². The number of benzene rings is 1. The fourth-order valence-electron chi connectivity index (χ4n) is 3.66. The molecule has 2 aliphatic rings. The molecule has 0 saturated carbocycles. The van der Waals surface area contributed by atoms with Crippen LogP contribution in [0.5, 0.6) is 0 Å². The van der Waals surface area contributed by atoms with Gasteiger partial charge in [0, 0.05) is 69.6 Å². The Bertz CT molecular complexity index is 589. The molecule has 6 nitrogen and oxygen atoms in total. The molecule has 0 atom stereocenters. The Hall–Kier alpha value is -1.50. The van der Waals surface area contributed by atoms with Gasteiger partial charge in [-0.05, 0) is 50.7 Å². The molecular weight excluding hydrogens is 360 g/mol. The average Bonchev–Trinajstić information content (AvgIpc) is 2.70. The van der Waals surface area contributed by atoms with Crippen LogP contribution in [0.25, 0.3) is 0 Å². The van der Waals surface area contributed by atoms with Crippen molar-refractivity contribution in [3.05, 3.63) is 29.3 Å². The topological polar surface area (TPSA) is 51.3 Å². The van der Waals surface area contributed by atoms with Crippen molar-refractivity contribution in [1.29, 1.82) is 0 Å². The Balaban J connectivity index is 1.32. The molecule has 1 aromatic carbocycles. The first-order valence-electron chi connectivity index (χ1n) is 10.1. The van der Waals surface area contributed by atoms with E-state index in [1.807, 2.05) is 12.1 Å². The van der Waals surface area contributed by atoms with E-state index in [-0.39, 0.29) is 0 Å². The maximum atomic E-state index is 6.22. The summed E-state index contributed by atoms with van der Waals surface area (Å²) in [5.41, 5.74) is 7.44. The maximum Gasteiger partial charge on any atom is 0.191 e. The highest BCUT2D eigenvalue weighted by atomic mass is 35.5. The first-order valence-corrected chi connectivity index (χ1v) is 10.5. The molecule has 2 N–H and O–H groups in total. The zero-order valence-corrected chi connectivity index (χ0v) is 17.2. The number of halogens is 1. The second-order valence-corrected chi connectivity index (χ2v) is 7.98. The Morgan fingerprint density at radius 1 is 0.963 bits per heavy atom. The van der Waals surface area contributed by atoms with Gasteiger partial charge < -0.3 is 25.3 Å². The van der Waals surface area contributed by atoms with Crippen molar-refractivity contribution in [2.24, 2.45) is 10.7 Å². The number of guanidine groups is 1. The number of rotatable bonds is 6. The Labute approximate surface area is 168 Å². The highest BCUT2D eigenvalue weighted by Gasteiger charge is 2.18. The van der Waals surface area contributed by atoms with Crippen LogP contribution in [0.3, 0.4) is 0 Å². The van der Waals surface area contributed by atoms with Crippen molar-refractivity contribution in [2.75, 3.05) is 77.4 Å². The van der Waals surface area contributed by atoms with Crippen LogP contribution in [0.15, 0.2) is 29.3 Å². The van der Waals surface area contributed by atoms with Crippen molar-refractivity contribution < 1.29 is 0 Å². The number of unbranched alkanes of at least 4 members (excludes halogenated alkanes) is 1. The molecule has 7 heteroatoms. The van der Waals surface area contributed by atoms with Crippen LogP contribution in [-0.4, -0.2) is 93.2 Å². The number of aliphatic imine (C=N–C) groups is 1. The van der Waals surface area contributed by atoms with Gasteiger partial charge in [0.05, 0.1) is 0 Å². The van der Waals surface area contributed by atoms with Gasteiger partial charge in [0.2, 0.25) is 0 Å². The Morgan fingerprint density at radius 2 is 1.63 bits per heavy atom. The largest absolute Gasteiger partial charge is 0.370 e. The molecule has 2 saturated heterocycles. The first-order chi connectivity index (χ1) is 13.1. The molecule has 150 valence electrons. The van der Waals surface area contributed by atoms with Crippen molar-refractivity contribution in [3.63, 3.8) is 0 Å². The summed E-state index contributed by atoms with van der Waals surface area (Å²) in [4.78, 5) is 14.1. The minimum absolute atomic E-state index is 0.699. The third-order valence-corrected chi connectivity index (χ3v) is 5.80. The molecule has 27 heavy (non-hydrogen) atoms. The summed E-state index contributed by atoms with van der Waals surface area (Å²) in [5.74, 6) is 0.699. The van der Waals surface area contributed by atoms with Crippen LogP contribution in [0.1, 0.15) is 12.8 Å². The zero-order valence-electron chi connectivity index (χ0n) is 16.5. The van der Waals surface area contributed by atoms with Crippen molar-refractivity contribution in [1.82, 2.24) is 14.7 Å². The van der Waals surface area contributed by atoms with E-state index < -0.39 is 0 Å². The standard InChI is InChI=1S/C20H33ClN6/c1-24-10-12-25(13-11-24)9-3-2-8-23-20(22)27-16-14-26(15-17-27)19-6-4-18(21)5-7-19/h4-7H,2-3,8-17H2,1H3,(H2,22,23). The number of nitrogens with zero attached hydrogens (tertiary/aromatic N) is 5. The molecule has 0 spiro atoms. The maximum absolute atomic E-state index is 6.22. The van der Waals surface area contributed by atoms with Crippen LogP contribution in [-0.2, 0) is 0 Å². The van der Waals surface area contributed by atoms with E-state index in [9.17, 15) is 0 Å². The quantitative estimate of drug-likeness (QED) is 0.454. The van der Waals surface area contributed by atoms with E-state index in [0.29, 0.717) is 5.96 Å². The summed E-state index contributed by atoms with van der Waals surface area (Å²) in [6, 6.07) is 8.05. The Morgan fingerprint density at radius 3 is 2.30 bits per heavy atom. The predicted molar refractivity (Wildman–Crippen MR) is 115 cm³/mol. The molecule has 0 unspecified atom stereocenters.